The molecule has 136 valence electrons. The van der Waals surface area contributed by atoms with Crippen molar-refractivity contribution in [3.8, 4) is 17.6 Å². The van der Waals surface area contributed by atoms with Gasteiger partial charge < -0.3 is 15.0 Å². The summed E-state index contributed by atoms with van der Waals surface area (Å²) in [5.41, 5.74) is 1.27. The molecule has 2 saturated heterocycles. The number of fused-ring (bicyclic) bond motifs is 2. The van der Waals surface area contributed by atoms with Crippen molar-refractivity contribution in [2.45, 2.75) is 37.8 Å². The monoisotopic (exact) mass is 353 g/mol. The van der Waals surface area contributed by atoms with Crippen molar-refractivity contribution < 1.29 is 14.3 Å². The van der Waals surface area contributed by atoms with Crippen molar-refractivity contribution in [2.75, 3.05) is 26.2 Å². The fraction of sp³-hybridized carbons (Fsp3) is 0.500. The smallest absolute Gasteiger partial charge is 0.328 e. The summed E-state index contributed by atoms with van der Waals surface area (Å²) in [6.07, 6.45) is 3.87. The lowest BCUT2D eigenvalue weighted by atomic mass is 10.0. The van der Waals surface area contributed by atoms with E-state index in [2.05, 4.69) is 23.2 Å². The van der Waals surface area contributed by atoms with Crippen molar-refractivity contribution in [3.05, 3.63) is 29.8 Å². The Labute approximate surface area is 153 Å². The van der Waals surface area contributed by atoms with Gasteiger partial charge >= 0.3 is 6.03 Å². The predicted octanol–water partition coefficient (Wildman–Crippen LogP) is 1.40. The number of nitrogens with one attached hydrogen (secondary N) is 1. The molecular weight excluding hydrogens is 330 g/mol. The molecule has 6 heteroatoms. The van der Waals surface area contributed by atoms with Crippen molar-refractivity contribution in [1.82, 2.24) is 15.1 Å². The van der Waals surface area contributed by atoms with Gasteiger partial charge in [-0.15, -0.1) is 0 Å². The molecule has 2 fully saturated rings. The number of aryl methyl sites for hydroxylation is 1. The van der Waals surface area contributed by atoms with Crippen molar-refractivity contribution >= 4 is 11.9 Å². The van der Waals surface area contributed by atoms with Gasteiger partial charge in [-0.25, -0.2) is 4.79 Å². The third-order valence-electron chi connectivity index (χ3n) is 5.23. The summed E-state index contributed by atoms with van der Waals surface area (Å²) in [6, 6.07) is 7.72. The second-order valence-corrected chi connectivity index (χ2v) is 6.93. The fourth-order valence-electron chi connectivity index (χ4n) is 3.84. The zero-order valence-electron chi connectivity index (χ0n) is 14.7. The van der Waals surface area contributed by atoms with E-state index in [0.29, 0.717) is 13.1 Å². The van der Waals surface area contributed by atoms with Gasteiger partial charge in [-0.3, -0.25) is 9.69 Å². The molecular formula is C20H23N3O3. The number of imide groups is 1. The first kappa shape index (κ1) is 16.9. The van der Waals surface area contributed by atoms with Crippen LogP contribution in [0, 0.1) is 11.8 Å². The molecule has 0 aromatic heterocycles. The fourth-order valence-corrected chi connectivity index (χ4v) is 3.84. The van der Waals surface area contributed by atoms with E-state index in [-0.39, 0.29) is 30.6 Å². The lowest BCUT2D eigenvalue weighted by molar-refractivity contribution is -0.127. The first-order valence-corrected chi connectivity index (χ1v) is 9.27. The van der Waals surface area contributed by atoms with E-state index < -0.39 is 0 Å². The van der Waals surface area contributed by atoms with Gasteiger partial charge in [-0.05, 0) is 37.3 Å². The van der Waals surface area contributed by atoms with Crippen LogP contribution in [0.25, 0.3) is 0 Å². The molecule has 3 aliphatic heterocycles. The molecule has 0 aliphatic carbocycles. The molecule has 0 spiro atoms. The highest BCUT2D eigenvalue weighted by Gasteiger charge is 2.46. The quantitative estimate of drug-likeness (QED) is 0.505. The number of carbonyl (C=O) groups is 2. The van der Waals surface area contributed by atoms with E-state index in [9.17, 15) is 9.59 Å². The molecule has 3 heterocycles. The molecule has 2 atom stereocenters. The maximum absolute atomic E-state index is 12.2. The Morgan fingerprint density at radius 3 is 2.96 bits per heavy atom. The number of hydrogen-bond acceptors (Lipinski definition) is 4. The number of nitrogens with zero attached hydrogens (tertiary/aromatic N) is 2. The Bertz CT molecular complexity index is 745. The number of rotatable bonds is 4. The van der Waals surface area contributed by atoms with Crippen LogP contribution >= 0.6 is 0 Å². The largest absolute Gasteiger partial charge is 0.489 e. The number of urea groups is 1. The van der Waals surface area contributed by atoms with E-state index in [0.717, 1.165) is 38.0 Å². The molecule has 0 bridgehead atoms. The minimum atomic E-state index is -0.242. The molecule has 6 nitrogen and oxygen atoms in total. The topological polar surface area (TPSA) is 61.9 Å². The van der Waals surface area contributed by atoms with Crippen LogP contribution in [0.15, 0.2) is 24.3 Å². The van der Waals surface area contributed by atoms with Crippen LogP contribution in [0.5, 0.6) is 5.75 Å². The molecule has 1 aromatic carbocycles. The summed E-state index contributed by atoms with van der Waals surface area (Å²) < 4.78 is 5.98. The zero-order chi connectivity index (χ0) is 17.9. The van der Waals surface area contributed by atoms with Crippen LogP contribution in [-0.4, -0.2) is 60.1 Å². The van der Waals surface area contributed by atoms with Crippen LogP contribution < -0.4 is 10.1 Å². The molecule has 0 radical (unpaired) electrons. The SMILES string of the molecule is O=C1C2CCCN2C(=O)N1CC#CCNCC1CCc2ccccc2O1. The van der Waals surface area contributed by atoms with Crippen LogP contribution in [0.3, 0.4) is 0 Å². The molecule has 1 aromatic rings. The third kappa shape index (κ3) is 3.27. The predicted molar refractivity (Wildman–Crippen MR) is 96.7 cm³/mol. The lowest BCUT2D eigenvalue weighted by Gasteiger charge is -2.26. The molecule has 3 aliphatic rings. The normalized spacial score (nSPS) is 24.0. The average Bonchev–Trinajstić information content (AvgIpc) is 3.23. The number of hydrogen-bond donors (Lipinski definition) is 1. The molecule has 4 rings (SSSR count). The highest BCUT2D eigenvalue weighted by Crippen LogP contribution is 2.27. The van der Waals surface area contributed by atoms with Crippen LogP contribution in [0.1, 0.15) is 24.8 Å². The Morgan fingerprint density at radius 2 is 2.08 bits per heavy atom. The van der Waals surface area contributed by atoms with Gasteiger partial charge in [0.1, 0.15) is 17.9 Å². The van der Waals surface area contributed by atoms with Crippen LogP contribution in [0.4, 0.5) is 4.79 Å². The second-order valence-electron chi connectivity index (χ2n) is 6.93. The van der Waals surface area contributed by atoms with E-state index in [1.54, 1.807) is 4.90 Å². The Hall–Kier alpha value is -2.52. The van der Waals surface area contributed by atoms with Gasteiger partial charge in [-0.2, -0.15) is 0 Å². The molecule has 2 unspecified atom stereocenters. The Balaban J connectivity index is 1.20. The third-order valence-corrected chi connectivity index (χ3v) is 5.23. The standard InChI is InChI=1S/C20H23N3O3/c24-19-17-7-5-13-22(17)20(25)23(19)12-4-3-11-21-14-16-10-9-15-6-1-2-8-18(15)26-16/h1-2,6,8,16-17,21H,5,7,9-14H2. The van der Waals surface area contributed by atoms with E-state index in [1.165, 1.54) is 10.5 Å². The minimum Gasteiger partial charge on any atom is -0.489 e. The number of ether oxygens (including phenoxy) is 1. The summed E-state index contributed by atoms with van der Waals surface area (Å²) in [5.74, 6) is 6.81. The van der Waals surface area contributed by atoms with E-state index in [4.69, 9.17) is 4.74 Å². The maximum Gasteiger partial charge on any atom is 0.328 e. The summed E-state index contributed by atoms with van der Waals surface area (Å²) in [4.78, 5) is 27.3. The van der Waals surface area contributed by atoms with E-state index in [1.807, 2.05) is 18.2 Å². The summed E-state index contributed by atoms with van der Waals surface area (Å²) in [6.45, 7) is 2.12. The zero-order valence-corrected chi connectivity index (χ0v) is 14.7. The summed E-state index contributed by atoms with van der Waals surface area (Å²) in [7, 11) is 0. The number of benzene rings is 1. The number of amides is 3. The summed E-state index contributed by atoms with van der Waals surface area (Å²) >= 11 is 0. The van der Waals surface area contributed by atoms with Gasteiger partial charge in [0.25, 0.3) is 5.91 Å². The van der Waals surface area contributed by atoms with E-state index >= 15 is 0 Å². The summed E-state index contributed by atoms with van der Waals surface area (Å²) in [5, 5.41) is 3.28. The maximum atomic E-state index is 12.2. The van der Waals surface area contributed by atoms with Crippen LogP contribution in [0.2, 0.25) is 0 Å². The van der Waals surface area contributed by atoms with Gasteiger partial charge in [0.05, 0.1) is 13.1 Å². The first-order chi connectivity index (χ1) is 12.7. The number of carbonyl (C=O) groups excluding carboxylic acids is 2. The molecule has 26 heavy (non-hydrogen) atoms. The number of para-hydroxylation sites is 1. The van der Waals surface area contributed by atoms with Crippen molar-refractivity contribution in [1.29, 1.82) is 0 Å². The van der Waals surface area contributed by atoms with Gasteiger partial charge in [0, 0.05) is 13.1 Å². The lowest BCUT2D eigenvalue weighted by Crippen LogP contribution is -2.34. The first-order valence-electron chi connectivity index (χ1n) is 9.27. The highest BCUT2D eigenvalue weighted by molar-refractivity contribution is 6.04. The Morgan fingerprint density at radius 1 is 1.19 bits per heavy atom. The van der Waals surface area contributed by atoms with Crippen molar-refractivity contribution in [3.63, 3.8) is 0 Å². The van der Waals surface area contributed by atoms with Crippen LogP contribution in [-0.2, 0) is 11.2 Å². The molecule has 3 amide bonds. The van der Waals surface area contributed by atoms with Crippen molar-refractivity contribution in [2.24, 2.45) is 0 Å². The average molecular weight is 353 g/mol. The van der Waals surface area contributed by atoms with Gasteiger partial charge in [-0.1, -0.05) is 30.0 Å². The minimum absolute atomic E-state index is 0.0935. The highest BCUT2D eigenvalue weighted by atomic mass is 16.5. The second kappa shape index (κ2) is 7.38. The molecule has 1 N–H and O–H groups in total. The molecule has 0 saturated carbocycles. The van der Waals surface area contributed by atoms with Gasteiger partial charge in [0.2, 0.25) is 0 Å². The Kier molecular flexibility index (Phi) is 4.81. The van der Waals surface area contributed by atoms with Gasteiger partial charge in [0.15, 0.2) is 0 Å².